The zero-order valence-electron chi connectivity index (χ0n) is 9.50. The van der Waals surface area contributed by atoms with Gasteiger partial charge in [-0.25, -0.2) is 0 Å². The van der Waals surface area contributed by atoms with Crippen molar-refractivity contribution in [3.63, 3.8) is 0 Å². The van der Waals surface area contributed by atoms with E-state index in [-0.39, 0.29) is 0 Å². The average Bonchev–Trinajstić information content (AvgIpc) is 2.34. The van der Waals surface area contributed by atoms with E-state index in [1.54, 1.807) is 0 Å². The molecular weight excluding hydrogens is 253 g/mol. The summed E-state index contributed by atoms with van der Waals surface area (Å²) in [5.74, 6) is 0.479. The SMILES string of the molecule is Cc1cccc(Cl)c1Nc1ccccc1CCl. The Balaban J connectivity index is 2.38. The van der Waals surface area contributed by atoms with Crippen molar-refractivity contribution >= 4 is 34.6 Å². The summed E-state index contributed by atoms with van der Waals surface area (Å²) in [6.45, 7) is 2.03. The van der Waals surface area contributed by atoms with E-state index < -0.39 is 0 Å². The number of hydrogen-bond donors (Lipinski definition) is 1. The predicted octanol–water partition coefficient (Wildman–Crippen LogP) is 5.13. The molecule has 0 radical (unpaired) electrons. The molecule has 1 N–H and O–H groups in total. The summed E-state index contributed by atoms with van der Waals surface area (Å²) in [7, 11) is 0. The molecule has 17 heavy (non-hydrogen) atoms. The molecule has 0 saturated carbocycles. The summed E-state index contributed by atoms with van der Waals surface area (Å²) in [5.41, 5.74) is 4.11. The van der Waals surface area contributed by atoms with Crippen LogP contribution in [0.2, 0.25) is 5.02 Å². The van der Waals surface area contributed by atoms with Gasteiger partial charge >= 0.3 is 0 Å². The van der Waals surface area contributed by atoms with Gasteiger partial charge in [-0.1, -0.05) is 41.9 Å². The van der Waals surface area contributed by atoms with E-state index in [4.69, 9.17) is 23.2 Å². The highest BCUT2D eigenvalue weighted by Gasteiger charge is 2.06. The minimum absolute atomic E-state index is 0.479. The summed E-state index contributed by atoms with van der Waals surface area (Å²) in [6, 6.07) is 13.8. The van der Waals surface area contributed by atoms with Gasteiger partial charge in [-0.15, -0.1) is 11.6 Å². The molecule has 0 fully saturated rings. The van der Waals surface area contributed by atoms with Crippen molar-refractivity contribution in [2.24, 2.45) is 0 Å². The van der Waals surface area contributed by atoms with Gasteiger partial charge in [0.15, 0.2) is 0 Å². The van der Waals surface area contributed by atoms with Crippen LogP contribution in [0, 0.1) is 6.92 Å². The molecule has 0 aromatic heterocycles. The van der Waals surface area contributed by atoms with Gasteiger partial charge in [0.2, 0.25) is 0 Å². The zero-order valence-corrected chi connectivity index (χ0v) is 11.0. The number of benzene rings is 2. The Morgan fingerprint density at radius 3 is 2.53 bits per heavy atom. The molecule has 0 aliphatic carbocycles. The van der Waals surface area contributed by atoms with Crippen LogP contribution in [-0.4, -0.2) is 0 Å². The highest BCUT2D eigenvalue weighted by molar-refractivity contribution is 6.33. The minimum atomic E-state index is 0.479. The molecule has 0 saturated heterocycles. The molecule has 2 aromatic rings. The highest BCUT2D eigenvalue weighted by atomic mass is 35.5. The molecule has 0 aliphatic heterocycles. The Morgan fingerprint density at radius 2 is 1.82 bits per heavy atom. The van der Waals surface area contributed by atoms with E-state index in [0.29, 0.717) is 5.88 Å². The van der Waals surface area contributed by atoms with E-state index in [1.807, 2.05) is 49.4 Å². The molecule has 1 nitrogen and oxygen atoms in total. The topological polar surface area (TPSA) is 12.0 Å². The van der Waals surface area contributed by atoms with E-state index in [2.05, 4.69) is 5.32 Å². The Hall–Kier alpha value is -1.18. The Kier molecular flexibility index (Phi) is 3.93. The van der Waals surface area contributed by atoms with E-state index in [9.17, 15) is 0 Å². The lowest BCUT2D eigenvalue weighted by Gasteiger charge is -2.13. The van der Waals surface area contributed by atoms with Gasteiger partial charge < -0.3 is 5.32 Å². The van der Waals surface area contributed by atoms with Gasteiger partial charge in [-0.3, -0.25) is 0 Å². The average molecular weight is 266 g/mol. The maximum absolute atomic E-state index is 6.18. The molecule has 0 heterocycles. The Morgan fingerprint density at radius 1 is 1.06 bits per heavy atom. The molecule has 0 spiro atoms. The normalized spacial score (nSPS) is 10.3. The van der Waals surface area contributed by atoms with Crippen LogP contribution in [0.4, 0.5) is 11.4 Å². The molecule has 3 heteroatoms. The molecule has 2 rings (SSSR count). The van der Waals surface area contributed by atoms with Gasteiger partial charge in [-0.05, 0) is 30.2 Å². The second-order valence-corrected chi connectivity index (χ2v) is 4.52. The number of alkyl halides is 1. The second kappa shape index (κ2) is 5.44. The molecule has 0 amide bonds. The van der Waals surface area contributed by atoms with Crippen LogP contribution in [-0.2, 0) is 5.88 Å². The summed E-state index contributed by atoms with van der Waals surface area (Å²) in [4.78, 5) is 0. The van der Waals surface area contributed by atoms with Gasteiger partial charge in [0.05, 0.1) is 10.7 Å². The zero-order chi connectivity index (χ0) is 12.3. The lowest BCUT2D eigenvalue weighted by Crippen LogP contribution is -1.97. The van der Waals surface area contributed by atoms with Crippen molar-refractivity contribution in [1.29, 1.82) is 0 Å². The third-order valence-corrected chi connectivity index (χ3v) is 3.25. The number of halogens is 2. The molecule has 2 aromatic carbocycles. The van der Waals surface area contributed by atoms with Crippen molar-refractivity contribution in [3.05, 3.63) is 58.6 Å². The first-order valence-corrected chi connectivity index (χ1v) is 6.29. The van der Waals surface area contributed by atoms with Gasteiger partial charge in [0.25, 0.3) is 0 Å². The lowest BCUT2D eigenvalue weighted by molar-refractivity contribution is 1.36. The number of nitrogens with one attached hydrogen (secondary N) is 1. The van der Waals surface area contributed by atoms with Gasteiger partial charge in [0, 0.05) is 11.6 Å². The van der Waals surface area contributed by atoms with Gasteiger partial charge in [0.1, 0.15) is 0 Å². The first-order valence-electron chi connectivity index (χ1n) is 5.38. The Labute approximate surface area is 111 Å². The summed E-state index contributed by atoms with van der Waals surface area (Å²) in [6.07, 6.45) is 0. The maximum Gasteiger partial charge on any atom is 0.0643 e. The first kappa shape index (κ1) is 12.3. The minimum Gasteiger partial charge on any atom is -0.354 e. The third kappa shape index (κ3) is 2.74. The van der Waals surface area contributed by atoms with Crippen LogP contribution >= 0.6 is 23.2 Å². The largest absolute Gasteiger partial charge is 0.354 e. The number of hydrogen-bond acceptors (Lipinski definition) is 1. The van der Waals surface area contributed by atoms with Crippen LogP contribution in [0.1, 0.15) is 11.1 Å². The van der Waals surface area contributed by atoms with Gasteiger partial charge in [-0.2, -0.15) is 0 Å². The quantitative estimate of drug-likeness (QED) is 0.759. The van der Waals surface area contributed by atoms with Crippen molar-refractivity contribution in [1.82, 2.24) is 0 Å². The van der Waals surface area contributed by atoms with E-state index >= 15 is 0 Å². The summed E-state index contributed by atoms with van der Waals surface area (Å²) < 4.78 is 0. The van der Waals surface area contributed by atoms with E-state index in [0.717, 1.165) is 27.5 Å². The van der Waals surface area contributed by atoms with Crippen molar-refractivity contribution in [2.45, 2.75) is 12.8 Å². The predicted molar refractivity (Wildman–Crippen MR) is 75.5 cm³/mol. The number of anilines is 2. The highest BCUT2D eigenvalue weighted by Crippen LogP contribution is 2.30. The smallest absolute Gasteiger partial charge is 0.0643 e. The molecule has 88 valence electrons. The monoisotopic (exact) mass is 265 g/mol. The van der Waals surface area contributed by atoms with Crippen LogP contribution in [0.3, 0.4) is 0 Å². The fraction of sp³-hybridized carbons (Fsp3) is 0.143. The molecule has 0 atom stereocenters. The van der Waals surface area contributed by atoms with Crippen LogP contribution < -0.4 is 5.32 Å². The van der Waals surface area contributed by atoms with Crippen LogP contribution in [0.5, 0.6) is 0 Å². The number of para-hydroxylation sites is 2. The Bertz CT molecular complexity index is 503. The van der Waals surface area contributed by atoms with Crippen molar-refractivity contribution in [3.8, 4) is 0 Å². The molecule has 0 unspecified atom stereocenters. The van der Waals surface area contributed by atoms with Crippen molar-refractivity contribution in [2.75, 3.05) is 5.32 Å². The third-order valence-electron chi connectivity index (χ3n) is 2.64. The fourth-order valence-corrected chi connectivity index (χ4v) is 2.19. The van der Waals surface area contributed by atoms with Crippen LogP contribution in [0.25, 0.3) is 0 Å². The molecule has 0 bridgehead atoms. The maximum atomic E-state index is 6.18. The first-order chi connectivity index (χ1) is 8.22. The number of rotatable bonds is 3. The second-order valence-electron chi connectivity index (χ2n) is 3.85. The summed E-state index contributed by atoms with van der Waals surface area (Å²) >= 11 is 12.1. The van der Waals surface area contributed by atoms with Crippen molar-refractivity contribution < 1.29 is 0 Å². The number of aryl methyl sites for hydroxylation is 1. The molecular formula is C14H13Cl2N. The summed E-state index contributed by atoms with van der Waals surface area (Å²) in [5, 5.41) is 4.06. The van der Waals surface area contributed by atoms with Crippen LogP contribution in [0.15, 0.2) is 42.5 Å². The molecule has 0 aliphatic rings. The van der Waals surface area contributed by atoms with E-state index in [1.165, 1.54) is 0 Å². The fourth-order valence-electron chi connectivity index (χ4n) is 1.68. The standard InChI is InChI=1S/C14H13Cl2N/c1-10-5-4-7-12(16)14(10)17-13-8-3-2-6-11(13)9-15/h2-8,17H,9H2,1H3. The lowest BCUT2D eigenvalue weighted by atomic mass is 10.1.